The Labute approximate surface area is 136 Å². The number of hydrogen-bond donors (Lipinski definition) is 2. The van der Waals surface area contributed by atoms with Gasteiger partial charge in [-0.05, 0) is 17.2 Å². The van der Waals surface area contributed by atoms with E-state index in [1.807, 2.05) is 7.05 Å². The molecular formula is C19H21N3O. The molecule has 0 bridgehead atoms. The number of amides is 1. The fraction of sp³-hybridized carbons (Fsp3) is 0.316. The van der Waals surface area contributed by atoms with Gasteiger partial charge in [-0.15, -0.1) is 0 Å². The SMILES string of the molecule is CNc1cccc2c1[C@H]1C(=O)NCCN1C[C@@H]2c1ccccc1. The number of nitrogens with zero attached hydrogens (tertiary/aromatic N) is 1. The van der Waals surface area contributed by atoms with Crippen molar-refractivity contribution >= 4 is 11.6 Å². The third kappa shape index (κ3) is 2.30. The van der Waals surface area contributed by atoms with Crippen molar-refractivity contribution in [2.24, 2.45) is 0 Å². The van der Waals surface area contributed by atoms with Gasteiger partial charge in [0.05, 0.1) is 0 Å². The first kappa shape index (κ1) is 14.3. The number of fused-ring (bicyclic) bond motifs is 3. The summed E-state index contributed by atoms with van der Waals surface area (Å²) in [5, 5.41) is 6.29. The monoisotopic (exact) mass is 307 g/mol. The third-order valence-corrected chi connectivity index (χ3v) is 4.99. The van der Waals surface area contributed by atoms with E-state index < -0.39 is 0 Å². The molecule has 4 heteroatoms. The van der Waals surface area contributed by atoms with E-state index in [0.717, 1.165) is 30.9 Å². The van der Waals surface area contributed by atoms with Crippen LogP contribution in [0.15, 0.2) is 48.5 Å². The molecular weight excluding hydrogens is 286 g/mol. The minimum atomic E-state index is -0.178. The van der Waals surface area contributed by atoms with Crippen molar-refractivity contribution in [2.45, 2.75) is 12.0 Å². The quantitative estimate of drug-likeness (QED) is 0.895. The molecule has 2 aromatic rings. The highest BCUT2D eigenvalue weighted by atomic mass is 16.2. The fourth-order valence-corrected chi connectivity index (χ4v) is 3.94. The second-order valence-corrected chi connectivity index (χ2v) is 6.21. The molecule has 2 atom stereocenters. The molecule has 0 spiro atoms. The molecule has 2 aromatic carbocycles. The van der Waals surface area contributed by atoms with Gasteiger partial charge in [0.2, 0.25) is 5.91 Å². The van der Waals surface area contributed by atoms with Crippen LogP contribution < -0.4 is 10.6 Å². The molecule has 0 saturated carbocycles. The zero-order valence-corrected chi connectivity index (χ0v) is 13.3. The summed E-state index contributed by atoms with van der Waals surface area (Å²) in [7, 11) is 1.92. The zero-order chi connectivity index (χ0) is 15.8. The van der Waals surface area contributed by atoms with Crippen molar-refractivity contribution in [1.82, 2.24) is 10.2 Å². The Morgan fingerprint density at radius 2 is 1.96 bits per heavy atom. The van der Waals surface area contributed by atoms with E-state index in [1.54, 1.807) is 0 Å². The van der Waals surface area contributed by atoms with Gasteiger partial charge < -0.3 is 10.6 Å². The number of anilines is 1. The first-order valence-corrected chi connectivity index (χ1v) is 8.17. The number of carbonyl (C=O) groups excluding carboxylic acids is 1. The van der Waals surface area contributed by atoms with Crippen LogP contribution in [0.25, 0.3) is 0 Å². The van der Waals surface area contributed by atoms with Crippen molar-refractivity contribution in [2.75, 3.05) is 32.0 Å². The van der Waals surface area contributed by atoms with Crippen molar-refractivity contribution in [1.29, 1.82) is 0 Å². The number of nitrogens with one attached hydrogen (secondary N) is 2. The first-order valence-electron chi connectivity index (χ1n) is 8.17. The molecule has 0 aliphatic carbocycles. The molecule has 23 heavy (non-hydrogen) atoms. The molecule has 0 aromatic heterocycles. The summed E-state index contributed by atoms with van der Waals surface area (Å²) in [5.41, 5.74) is 4.76. The molecule has 2 aliphatic rings. The Hall–Kier alpha value is -2.33. The van der Waals surface area contributed by atoms with E-state index in [9.17, 15) is 4.79 Å². The van der Waals surface area contributed by atoms with Gasteiger partial charge in [0, 0.05) is 43.9 Å². The summed E-state index contributed by atoms with van der Waals surface area (Å²) in [5.74, 6) is 0.424. The largest absolute Gasteiger partial charge is 0.388 e. The Morgan fingerprint density at radius 1 is 1.13 bits per heavy atom. The standard InChI is InChI=1S/C19H21N3O/c1-20-16-9-5-8-14-15(13-6-3-2-4-7-13)12-22-11-10-21-19(23)18(22)17(14)16/h2-9,15,18,20H,10-12H2,1H3,(H,21,23)/t15-,18+/m1/s1. The van der Waals surface area contributed by atoms with Gasteiger partial charge in [0.1, 0.15) is 6.04 Å². The maximum absolute atomic E-state index is 12.5. The van der Waals surface area contributed by atoms with Gasteiger partial charge in [0.25, 0.3) is 0 Å². The lowest BCUT2D eigenvalue weighted by Gasteiger charge is -2.44. The van der Waals surface area contributed by atoms with Crippen LogP contribution in [0.5, 0.6) is 0 Å². The molecule has 4 nitrogen and oxygen atoms in total. The first-order chi connectivity index (χ1) is 11.3. The van der Waals surface area contributed by atoms with E-state index >= 15 is 0 Å². The van der Waals surface area contributed by atoms with Gasteiger partial charge >= 0.3 is 0 Å². The van der Waals surface area contributed by atoms with Crippen LogP contribution in [-0.2, 0) is 4.79 Å². The third-order valence-electron chi connectivity index (χ3n) is 4.99. The van der Waals surface area contributed by atoms with Crippen LogP contribution >= 0.6 is 0 Å². The molecule has 0 radical (unpaired) electrons. The highest BCUT2D eigenvalue weighted by Gasteiger charge is 2.40. The second-order valence-electron chi connectivity index (χ2n) is 6.21. The highest BCUT2D eigenvalue weighted by Crippen LogP contribution is 2.43. The van der Waals surface area contributed by atoms with Gasteiger partial charge in [-0.2, -0.15) is 0 Å². The Morgan fingerprint density at radius 3 is 2.74 bits per heavy atom. The number of benzene rings is 2. The molecule has 1 saturated heterocycles. The van der Waals surface area contributed by atoms with Crippen LogP contribution in [-0.4, -0.2) is 37.5 Å². The van der Waals surface area contributed by atoms with Crippen molar-refractivity contribution < 1.29 is 4.79 Å². The minimum absolute atomic E-state index is 0.117. The average Bonchev–Trinajstić information content (AvgIpc) is 2.61. The summed E-state index contributed by atoms with van der Waals surface area (Å²) in [6.45, 7) is 2.52. The predicted molar refractivity (Wildman–Crippen MR) is 91.6 cm³/mol. The Bertz CT molecular complexity index is 729. The van der Waals surface area contributed by atoms with E-state index in [2.05, 4.69) is 64.1 Å². The predicted octanol–water partition coefficient (Wildman–Crippen LogP) is 2.35. The summed E-state index contributed by atoms with van der Waals surface area (Å²) >= 11 is 0. The van der Waals surface area contributed by atoms with Crippen LogP contribution in [0.2, 0.25) is 0 Å². The normalized spacial score (nSPS) is 23.6. The maximum atomic E-state index is 12.5. The molecule has 118 valence electrons. The fourth-order valence-electron chi connectivity index (χ4n) is 3.94. The smallest absolute Gasteiger partial charge is 0.242 e. The topological polar surface area (TPSA) is 44.4 Å². The van der Waals surface area contributed by atoms with Gasteiger partial charge in [-0.3, -0.25) is 9.69 Å². The molecule has 4 rings (SSSR count). The van der Waals surface area contributed by atoms with Gasteiger partial charge in [-0.1, -0.05) is 42.5 Å². The van der Waals surface area contributed by atoms with E-state index in [4.69, 9.17) is 0 Å². The van der Waals surface area contributed by atoms with Gasteiger partial charge in [-0.25, -0.2) is 0 Å². The second kappa shape index (κ2) is 5.70. The summed E-state index contributed by atoms with van der Waals surface area (Å²) in [4.78, 5) is 14.8. The van der Waals surface area contributed by atoms with E-state index in [0.29, 0.717) is 5.92 Å². The van der Waals surface area contributed by atoms with Crippen LogP contribution in [0.4, 0.5) is 5.69 Å². The highest BCUT2D eigenvalue weighted by molar-refractivity contribution is 5.87. The van der Waals surface area contributed by atoms with Crippen LogP contribution in [0.1, 0.15) is 28.7 Å². The lowest BCUT2D eigenvalue weighted by molar-refractivity contribution is -0.129. The Kier molecular flexibility index (Phi) is 3.54. The summed E-state index contributed by atoms with van der Waals surface area (Å²) in [6.07, 6.45) is 0. The average molecular weight is 307 g/mol. The zero-order valence-electron chi connectivity index (χ0n) is 13.3. The van der Waals surface area contributed by atoms with Crippen molar-refractivity contribution in [3.05, 3.63) is 65.2 Å². The number of carbonyl (C=O) groups is 1. The minimum Gasteiger partial charge on any atom is -0.388 e. The van der Waals surface area contributed by atoms with E-state index in [1.165, 1.54) is 11.1 Å². The summed E-state index contributed by atoms with van der Waals surface area (Å²) in [6, 6.07) is 16.7. The van der Waals surface area contributed by atoms with Gasteiger partial charge in [0.15, 0.2) is 0 Å². The lowest BCUT2D eigenvalue weighted by atomic mass is 9.79. The number of rotatable bonds is 2. The number of piperazine rings is 1. The maximum Gasteiger partial charge on any atom is 0.242 e. The molecule has 2 N–H and O–H groups in total. The van der Waals surface area contributed by atoms with Crippen LogP contribution in [0, 0.1) is 0 Å². The molecule has 2 heterocycles. The molecule has 1 amide bonds. The van der Waals surface area contributed by atoms with Crippen molar-refractivity contribution in [3.63, 3.8) is 0 Å². The van der Waals surface area contributed by atoms with Crippen molar-refractivity contribution in [3.8, 4) is 0 Å². The number of hydrogen-bond acceptors (Lipinski definition) is 3. The van der Waals surface area contributed by atoms with E-state index in [-0.39, 0.29) is 11.9 Å². The Balaban J connectivity index is 1.89. The molecule has 0 unspecified atom stereocenters. The molecule has 2 aliphatic heterocycles. The lowest BCUT2D eigenvalue weighted by Crippen LogP contribution is -2.53. The molecule has 1 fully saturated rings. The summed E-state index contributed by atoms with van der Waals surface area (Å²) < 4.78 is 0. The van der Waals surface area contributed by atoms with Crippen LogP contribution in [0.3, 0.4) is 0 Å².